The maximum atomic E-state index is 13.2. The second kappa shape index (κ2) is 5.78. The van der Waals surface area contributed by atoms with Gasteiger partial charge in [0.25, 0.3) is 10.1 Å². The summed E-state index contributed by atoms with van der Waals surface area (Å²) in [6.07, 6.45) is 2.71. The predicted molar refractivity (Wildman–Crippen MR) is 92.4 cm³/mol. The Bertz CT molecular complexity index is 816. The fourth-order valence-electron chi connectivity index (χ4n) is 5.70. The van der Waals surface area contributed by atoms with E-state index in [1.807, 2.05) is 30.3 Å². The van der Waals surface area contributed by atoms with Crippen molar-refractivity contribution < 1.29 is 27.4 Å². The average Bonchev–Trinajstić information content (AvgIpc) is 3.24. The molecule has 2 aliphatic heterocycles. The van der Waals surface area contributed by atoms with Gasteiger partial charge in [0.05, 0.1) is 25.1 Å². The van der Waals surface area contributed by atoms with Gasteiger partial charge in [-0.1, -0.05) is 30.3 Å². The van der Waals surface area contributed by atoms with Gasteiger partial charge in [-0.05, 0) is 24.3 Å². The summed E-state index contributed by atoms with van der Waals surface area (Å²) in [5.41, 5.74) is 0.366. The summed E-state index contributed by atoms with van der Waals surface area (Å²) in [5, 5.41) is 1.52. The van der Waals surface area contributed by atoms with E-state index in [0.717, 1.165) is 37.9 Å². The molecule has 0 amide bonds. The first-order valence-corrected chi connectivity index (χ1v) is 11.0. The molecule has 2 bridgehead atoms. The molecule has 6 nitrogen and oxygen atoms in total. The second-order valence-electron chi connectivity index (χ2n) is 8.16. The highest BCUT2D eigenvalue weighted by Crippen LogP contribution is 2.58. The van der Waals surface area contributed by atoms with E-state index in [-0.39, 0.29) is 23.9 Å². The van der Waals surface area contributed by atoms with Gasteiger partial charge in [0, 0.05) is 18.8 Å². The van der Waals surface area contributed by atoms with Crippen LogP contribution in [0.4, 0.5) is 0 Å². The number of esters is 1. The van der Waals surface area contributed by atoms with Gasteiger partial charge in [-0.2, -0.15) is 8.42 Å². The Labute approximate surface area is 153 Å². The highest BCUT2D eigenvalue weighted by molar-refractivity contribution is 7.87. The van der Waals surface area contributed by atoms with E-state index in [1.54, 1.807) is 0 Å². The minimum atomic E-state index is -3.66. The second-order valence-corrected chi connectivity index (χ2v) is 9.88. The fraction of sp³-hybridized carbons (Fsp3) is 0.632. The summed E-state index contributed by atoms with van der Waals surface area (Å²) >= 11 is 0. The Hall–Kier alpha value is -1.44. The predicted octanol–water partition coefficient (Wildman–Crippen LogP) is 0.536. The number of piperidine rings is 1. The SMILES string of the molecule is O=C(OC1(c2ccccc2)CC[NH2+]CC1)C1C2CC3OS(=O)(=O)C1C3C2. The molecule has 0 aromatic heterocycles. The van der Waals surface area contributed by atoms with E-state index in [0.29, 0.717) is 6.42 Å². The van der Waals surface area contributed by atoms with Crippen LogP contribution in [0, 0.1) is 17.8 Å². The summed E-state index contributed by atoms with van der Waals surface area (Å²) < 4.78 is 36.2. The number of hydrogen-bond acceptors (Lipinski definition) is 5. The smallest absolute Gasteiger partial charge is 0.311 e. The van der Waals surface area contributed by atoms with Crippen LogP contribution in [0.5, 0.6) is 0 Å². The molecule has 5 rings (SSSR count). The normalized spacial score (nSPS) is 39.0. The number of quaternary nitrogens is 1. The lowest BCUT2D eigenvalue weighted by molar-refractivity contribution is -0.668. The van der Waals surface area contributed by atoms with Gasteiger partial charge in [0.1, 0.15) is 10.9 Å². The van der Waals surface area contributed by atoms with Crippen LogP contribution >= 0.6 is 0 Å². The van der Waals surface area contributed by atoms with Crippen LogP contribution in [-0.2, 0) is 29.4 Å². The van der Waals surface area contributed by atoms with Gasteiger partial charge < -0.3 is 10.1 Å². The number of fused-ring (bicyclic) bond motifs is 1. The van der Waals surface area contributed by atoms with Crippen molar-refractivity contribution in [1.82, 2.24) is 0 Å². The summed E-state index contributed by atoms with van der Waals surface area (Å²) in [4.78, 5) is 13.2. The molecule has 4 fully saturated rings. The van der Waals surface area contributed by atoms with Crippen LogP contribution in [0.25, 0.3) is 0 Å². The van der Waals surface area contributed by atoms with Gasteiger partial charge in [-0.15, -0.1) is 0 Å². The van der Waals surface area contributed by atoms with E-state index in [9.17, 15) is 13.2 Å². The Morgan fingerprint density at radius 2 is 1.88 bits per heavy atom. The molecule has 2 aliphatic carbocycles. The van der Waals surface area contributed by atoms with E-state index < -0.39 is 26.9 Å². The topological polar surface area (TPSA) is 86.3 Å². The molecule has 2 saturated carbocycles. The molecular weight excluding hydrogens is 354 g/mol. The van der Waals surface area contributed by atoms with Crippen molar-refractivity contribution in [3.63, 3.8) is 0 Å². The van der Waals surface area contributed by atoms with Crippen molar-refractivity contribution in [3.8, 4) is 0 Å². The number of nitrogens with two attached hydrogens (primary N) is 1. The zero-order valence-corrected chi connectivity index (χ0v) is 15.4. The monoisotopic (exact) mass is 378 g/mol. The molecule has 26 heavy (non-hydrogen) atoms. The number of carbonyl (C=O) groups is 1. The van der Waals surface area contributed by atoms with Crippen molar-refractivity contribution >= 4 is 16.1 Å². The molecule has 1 aromatic rings. The molecular formula is C19H24NO5S+. The van der Waals surface area contributed by atoms with E-state index >= 15 is 0 Å². The molecule has 1 aromatic carbocycles. The van der Waals surface area contributed by atoms with Crippen LogP contribution in [0.3, 0.4) is 0 Å². The fourth-order valence-corrected chi connectivity index (χ4v) is 7.80. The first kappa shape index (κ1) is 16.7. The Morgan fingerprint density at radius 3 is 2.62 bits per heavy atom. The van der Waals surface area contributed by atoms with Crippen molar-refractivity contribution in [3.05, 3.63) is 35.9 Å². The van der Waals surface area contributed by atoms with Crippen LogP contribution in [0.2, 0.25) is 0 Å². The van der Waals surface area contributed by atoms with E-state index in [1.165, 1.54) is 0 Å². The van der Waals surface area contributed by atoms with Crippen LogP contribution < -0.4 is 5.32 Å². The molecule has 2 heterocycles. The molecule has 2 N–H and O–H groups in total. The average molecular weight is 378 g/mol. The number of benzene rings is 1. The summed E-state index contributed by atoms with van der Waals surface area (Å²) in [6.45, 7) is 1.79. The molecule has 5 atom stereocenters. The molecule has 0 spiro atoms. The standard InChI is InChI=1S/C19H23NO5S/c21-18(16-12-10-14-15(11-12)25-26(22,23)17(14)16)24-19(6-8-20-9-7-19)13-4-2-1-3-5-13/h1-5,12,14-17,20H,6-11H2/p+1. The van der Waals surface area contributed by atoms with Crippen molar-refractivity contribution in [2.24, 2.45) is 17.8 Å². The zero-order chi connectivity index (χ0) is 17.9. The minimum Gasteiger partial charge on any atom is -0.453 e. The number of hydrogen-bond donors (Lipinski definition) is 1. The highest BCUT2D eigenvalue weighted by atomic mass is 32.2. The molecule has 5 unspecified atom stereocenters. The van der Waals surface area contributed by atoms with Crippen LogP contribution in [-0.4, -0.2) is 38.8 Å². The van der Waals surface area contributed by atoms with Gasteiger partial charge in [-0.3, -0.25) is 8.98 Å². The first-order chi connectivity index (χ1) is 12.5. The summed E-state index contributed by atoms with van der Waals surface area (Å²) in [7, 11) is -3.66. The van der Waals surface area contributed by atoms with Gasteiger partial charge >= 0.3 is 5.97 Å². The van der Waals surface area contributed by atoms with Gasteiger partial charge in [0.2, 0.25) is 0 Å². The lowest BCUT2D eigenvalue weighted by Crippen LogP contribution is -2.87. The number of ether oxygens (including phenoxy) is 1. The van der Waals surface area contributed by atoms with Crippen molar-refractivity contribution in [2.45, 2.75) is 42.6 Å². The van der Waals surface area contributed by atoms with Crippen LogP contribution in [0.15, 0.2) is 30.3 Å². The van der Waals surface area contributed by atoms with Gasteiger partial charge in [0.15, 0.2) is 0 Å². The molecule has 0 radical (unpaired) electrons. The Kier molecular flexibility index (Phi) is 3.71. The Morgan fingerprint density at radius 1 is 1.15 bits per heavy atom. The quantitative estimate of drug-likeness (QED) is 0.613. The summed E-state index contributed by atoms with van der Waals surface area (Å²) in [6, 6.07) is 9.88. The number of rotatable bonds is 3. The third-order valence-corrected chi connectivity index (χ3v) is 8.66. The van der Waals surface area contributed by atoms with E-state index in [2.05, 4.69) is 5.32 Å². The number of carbonyl (C=O) groups excluding carboxylic acids is 1. The molecule has 140 valence electrons. The van der Waals surface area contributed by atoms with Crippen molar-refractivity contribution in [2.75, 3.05) is 13.1 Å². The molecule has 4 aliphatic rings. The first-order valence-electron chi connectivity index (χ1n) is 9.52. The zero-order valence-electron chi connectivity index (χ0n) is 14.5. The largest absolute Gasteiger partial charge is 0.453 e. The maximum absolute atomic E-state index is 13.2. The molecule has 7 heteroatoms. The van der Waals surface area contributed by atoms with Crippen molar-refractivity contribution in [1.29, 1.82) is 0 Å². The third kappa shape index (κ3) is 2.37. The lowest BCUT2D eigenvalue weighted by atomic mass is 9.83. The van der Waals surface area contributed by atoms with Gasteiger partial charge in [-0.25, -0.2) is 0 Å². The maximum Gasteiger partial charge on any atom is 0.311 e. The molecule has 2 saturated heterocycles. The third-order valence-electron chi connectivity index (χ3n) is 6.83. The van der Waals surface area contributed by atoms with E-state index in [4.69, 9.17) is 8.92 Å². The minimum absolute atomic E-state index is 0.0325. The Balaban J connectivity index is 1.45. The van der Waals surface area contributed by atoms with Crippen LogP contribution in [0.1, 0.15) is 31.2 Å². The summed E-state index contributed by atoms with van der Waals surface area (Å²) in [5.74, 6) is -0.881. The lowest BCUT2D eigenvalue weighted by Gasteiger charge is -2.37. The highest BCUT2D eigenvalue weighted by Gasteiger charge is 2.67.